The lowest BCUT2D eigenvalue weighted by atomic mass is 10.0. The predicted molar refractivity (Wildman–Crippen MR) is 152 cm³/mol. The first-order valence-corrected chi connectivity index (χ1v) is 13.9. The van der Waals surface area contributed by atoms with Gasteiger partial charge in [-0.15, -0.1) is 0 Å². The number of hydrogen-bond donors (Lipinski definition) is 8. The number of carbonyl (C=O) groups is 4. The Bertz CT molecular complexity index is 1160. The number of H-pyrrole nitrogens is 1. The van der Waals surface area contributed by atoms with Crippen molar-refractivity contribution in [1.29, 1.82) is 0 Å². The molecule has 0 aliphatic rings. The largest absolute Gasteiger partial charge is 0.480 e. The van der Waals surface area contributed by atoms with Crippen LogP contribution in [0.25, 0.3) is 10.9 Å². The second-order valence-corrected chi connectivity index (χ2v) is 10.1. The number of aromatic nitrogens is 1. The van der Waals surface area contributed by atoms with Crippen molar-refractivity contribution in [2.75, 3.05) is 18.6 Å². The summed E-state index contributed by atoms with van der Waals surface area (Å²) in [5.74, 6) is -2.51. The molecule has 0 radical (unpaired) electrons. The van der Waals surface area contributed by atoms with Crippen LogP contribution >= 0.6 is 11.8 Å². The van der Waals surface area contributed by atoms with Gasteiger partial charge in [-0.05, 0) is 49.8 Å². The van der Waals surface area contributed by atoms with Gasteiger partial charge in [0.2, 0.25) is 17.7 Å². The standard InChI is InChI=1S/C25H38N8O5S/c1-14(26)21(34)31-18(9-11-39-2)22(35)33-20(12-15-13-30-17-7-4-3-6-16(15)17)23(36)32-19(24(37)38)8-5-10-29-25(27)28/h3-4,6-7,13-14,18-20,30H,5,8-12,26H2,1-2H3,(H,31,34)(H,32,36)(H,33,35)(H,37,38)(H4,27,28,29). The summed E-state index contributed by atoms with van der Waals surface area (Å²) in [6.07, 6.45) is 4.40. The van der Waals surface area contributed by atoms with Crippen molar-refractivity contribution in [2.45, 2.75) is 56.8 Å². The minimum atomic E-state index is -1.23. The second kappa shape index (κ2) is 15.6. The molecule has 214 valence electrons. The molecule has 4 unspecified atom stereocenters. The van der Waals surface area contributed by atoms with E-state index in [9.17, 15) is 24.3 Å². The van der Waals surface area contributed by atoms with E-state index in [1.807, 2.05) is 30.5 Å². The number of nitrogens with two attached hydrogens (primary N) is 3. The SMILES string of the molecule is CSCCC(NC(=O)C(C)N)C(=O)NC(Cc1c[nH]c2ccccc12)C(=O)NC(CCCN=C(N)N)C(=O)O. The molecule has 13 nitrogen and oxygen atoms in total. The third-order valence-electron chi connectivity index (χ3n) is 5.95. The molecule has 1 aromatic carbocycles. The number of nitrogens with zero attached hydrogens (tertiary/aromatic N) is 1. The normalized spacial score (nSPS) is 14.0. The van der Waals surface area contributed by atoms with E-state index in [0.717, 1.165) is 16.5 Å². The Balaban J connectivity index is 2.27. The molecule has 0 spiro atoms. The highest BCUT2D eigenvalue weighted by Crippen LogP contribution is 2.19. The lowest BCUT2D eigenvalue weighted by Crippen LogP contribution is -2.57. The molecule has 0 aliphatic carbocycles. The topological polar surface area (TPSA) is 231 Å². The zero-order valence-corrected chi connectivity index (χ0v) is 22.9. The molecular weight excluding hydrogens is 524 g/mol. The van der Waals surface area contributed by atoms with Gasteiger partial charge in [-0.3, -0.25) is 19.4 Å². The van der Waals surface area contributed by atoms with E-state index in [2.05, 4.69) is 25.9 Å². The van der Waals surface area contributed by atoms with Crippen LogP contribution in [0.5, 0.6) is 0 Å². The highest BCUT2D eigenvalue weighted by Gasteiger charge is 2.30. The molecule has 1 aromatic heterocycles. The average molecular weight is 563 g/mol. The van der Waals surface area contributed by atoms with Gasteiger partial charge in [0.25, 0.3) is 0 Å². The van der Waals surface area contributed by atoms with Crippen LogP contribution in [0.3, 0.4) is 0 Å². The summed E-state index contributed by atoms with van der Waals surface area (Å²) in [6.45, 7) is 1.71. The second-order valence-electron chi connectivity index (χ2n) is 9.10. The summed E-state index contributed by atoms with van der Waals surface area (Å²) in [6, 6.07) is 3.38. The van der Waals surface area contributed by atoms with Crippen LogP contribution in [0.1, 0.15) is 31.7 Å². The molecule has 4 atom stereocenters. The monoisotopic (exact) mass is 562 g/mol. The van der Waals surface area contributed by atoms with Crippen molar-refractivity contribution in [2.24, 2.45) is 22.2 Å². The zero-order valence-electron chi connectivity index (χ0n) is 22.1. The van der Waals surface area contributed by atoms with Crippen molar-refractivity contribution in [3.8, 4) is 0 Å². The molecule has 39 heavy (non-hydrogen) atoms. The Labute approximate surface area is 231 Å². The fourth-order valence-electron chi connectivity index (χ4n) is 3.84. The molecule has 0 saturated heterocycles. The van der Waals surface area contributed by atoms with Crippen LogP contribution in [-0.2, 0) is 25.6 Å². The number of hydrogen-bond acceptors (Lipinski definition) is 7. The lowest BCUT2D eigenvalue weighted by molar-refractivity contribution is -0.142. The van der Waals surface area contributed by atoms with Crippen molar-refractivity contribution < 1.29 is 24.3 Å². The van der Waals surface area contributed by atoms with E-state index < -0.39 is 47.9 Å². The maximum absolute atomic E-state index is 13.4. The van der Waals surface area contributed by atoms with Crippen molar-refractivity contribution in [1.82, 2.24) is 20.9 Å². The number of rotatable bonds is 16. The van der Waals surface area contributed by atoms with Gasteiger partial charge in [-0.1, -0.05) is 18.2 Å². The molecule has 0 aliphatic heterocycles. The molecule has 3 amide bonds. The molecule has 11 N–H and O–H groups in total. The van der Waals surface area contributed by atoms with E-state index >= 15 is 0 Å². The molecule has 0 bridgehead atoms. The van der Waals surface area contributed by atoms with Crippen LogP contribution in [-0.4, -0.2) is 82.5 Å². The third-order valence-corrected chi connectivity index (χ3v) is 6.59. The lowest BCUT2D eigenvalue weighted by Gasteiger charge is -2.25. The number of fused-ring (bicyclic) bond motifs is 1. The summed E-state index contributed by atoms with van der Waals surface area (Å²) in [4.78, 5) is 57.7. The van der Waals surface area contributed by atoms with Crippen LogP contribution in [0.4, 0.5) is 0 Å². The van der Waals surface area contributed by atoms with Crippen LogP contribution in [0.15, 0.2) is 35.5 Å². The number of nitrogens with one attached hydrogen (secondary N) is 4. The number of para-hydroxylation sites is 1. The fraction of sp³-hybridized carbons (Fsp3) is 0.480. The Morgan fingerprint density at radius 1 is 1.00 bits per heavy atom. The Morgan fingerprint density at radius 3 is 2.28 bits per heavy atom. The summed E-state index contributed by atoms with van der Waals surface area (Å²) in [5.41, 5.74) is 17.9. The van der Waals surface area contributed by atoms with Gasteiger partial charge in [0.05, 0.1) is 6.04 Å². The van der Waals surface area contributed by atoms with Gasteiger partial charge < -0.3 is 43.2 Å². The first kappa shape index (κ1) is 31.4. The first-order valence-electron chi connectivity index (χ1n) is 12.5. The number of benzene rings is 1. The molecular formula is C25H38N8O5S. The molecule has 0 fully saturated rings. The van der Waals surface area contributed by atoms with Gasteiger partial charge >= 0.3 is 5.97 Å². The number of carbonyl (C=O) groups excluding carboxylic acids is 3. The maximum atomic E-state index is 13.4. The number of thioether (sulfide) groups is 1. The number of aliphatic imine (C=N–C) groups is 1. The minimum Gasteiger partial charge on any atom is -0.480 e. The number of aliphatic carboxylic acids is 1. The molecule has 1 heterocycles. The molecule has 2 aromatic rings. The number of amides is 3. The van der Waals surface area contributed by atoms with Gasteiger partial charge in [0.15, 0.2) is 5.96 Å². The van der Waals surface area contributed by atoms with Crippen molar-refractivity contribution in [3.05, 3.63) is 36.0 Å². The summed E-state index contributed by atoms with van der Waals surface area (Å²) >= 11 is 1.50. The Kier molecular flexibility index (Phi) is 12.6. The third kappa shape index (κ3) is 10.1. The van der Waals surface area contributed by atoms with Crippen LogP contribution < -0.4 is 33.2 Å². The zero-order chi connectivity index (χ0) is 28.9. The fourth-order valence-corrected chi connectivity index (χ4v) is 4.31. The molecule has 0 saturated carbocycles. The number of carboxylic acids is 1. The quantitative estimate of drug-likeness (QED) is 0.0740. The van der Waals surface area contributed by atoms with Crippen LogP contribution in [0.2, 0.25) is 0 Å². The maximum Gasteiger partial charge on any atom is 0.326 e. The highest BCUT2D eigenvalue weighted by molar-refractivity contribution is 7.98. The molecule has 14 heteroatoms. The molecule has 2 rings (SSSR count). The predicted octanol–water partition coefficient (Wildman–Crippen LogP) is -0.597. The number of guanidine groups is 1. The highest BCUT2D eigenvalue weighted by atomic mass is 32.2. The minimum absolute atomic E-state index is 0.0758. The Morgan fingerprint density at radius 2 is 1.64 bits per heavy atom. The van der Waals surface area contributed by atoms with E-state index in [1.165, 1.54) is 18.7 Å². The van der Waals surface area contributed by atoms with Crippen LogP contribution in [0, 0.1) is 0 Å². The first-order chi connectivity index (χ1) is 18.5. The summed E-state index contributed by atoms with van der Waals surface area (Å²) < 4.78 is 0. The average Bonchev–Trinajstić information content (AvgIpc) is 3.29. The van der Waals surface area contributed by atoms with E-state index in [-0.39, 0.29) is 25.3 Å². The smallest absolute Gasteiger partial charge is 0.326 e. The van der Waals surface area contributed by atoms with Crippen molar-refractivity contribution in [3.63, 3.8) is 0 Å². The van der Waals surface area contributed by atoms with Gasteiger partial charge in [0.1, 0.15) is 18.1 Å². The Hall–Kier alpha value is -3.78. The summed E-state index contributed by atoms with van der Waals surface area (Å²) in [7, 11) is 0. The van der Waals surface area contributed by atoms with Gasteiger partial charge in [0, 0.05) is 30.1 Å². The van der Waals surface area contributed by atoms with E-state index in [4.69, 9.17) is 17.2 Å². The van der Waals surface area contributed by atoms with Gasteiger partial charge in [-0.2, -0.15) is 11.8 Å². The number of aromatic amines is 1. The number of carboxylic acid groups (broad SMARTS) is 1. The van der Waals surface area contributed by atoms with E-state index in [0.29, 0.717) is 18.6 Å². The van der Waals surface area contributed by atoms with Gasteiger partial charge in [-0.25, -0.2) is 4.79 Å². The van der Waals surface area contributed by atoms with E-state index in [1.54, 1.807) is 6.20 Å². The van der Waals surface area contributed by atoms with Crippen molar-refractivity contribution >= 4 is 52.3 Å². The summed E-state index contributed by atoms with van der Waals surface area (Å²) in [5, 5.41) is 18.4.